The Kier molecular flexibility index (Phi) is 7.86. The van der Waals surface area contributed by atoms with Gasteiger partial charge in [0.15, 0.2) is 0 Å². The molecular weight excluding hydrogens is 477 g/mol. The van der Waals surface area contributed by atoms with E-state index in [0.29, 0.717) is 10.8 Å². The van der Waals surface area contributed by atoms with Gasteiger partial charge >= 0.3 is 0 Å². The number of aryl methyl sites for hydroxylation is 1. The summed E-state index contributed by atoms with van der Waals surface area (Å²) >= 11 is 1.58. The van der Waals surface area contributed by atoms with Crippen molar-refractivity contribution in [2.45, 2.75) is 64.0 Å². The number of thiazole rings is 1. The Balaban J connectivity index is 1.05. The summed E-state index contributed by atoms with van der Waals surface area (Å²) in [6.07, 6.45) is 9.02. The van der Waals surface area contributed by atoms with Crippen LogP contribution in [0, 0.1) is 5.92 Å². The zero-order chi connectivity index (χ0) is 25.1. The lowest BCUT2D eigenvalue weighted by Gasteiger charge is -2.30. The predicted octanol–water partition coefficient (Wildman–Crippen LogP) is 4.55. The van der Waals surface area contributed by atoms with Crippen LogP contribution in [0.25, 0.3) is 10.9 Å². The first-order valence-corrected chi connectivity index (χ1v) is 14.0. The topological polar surface area (TPSA) is 72.3 Å². The molecule has 5 rings (SSSR count). The van der Waals surface area contributed by atoms with Gasteiger partial charge in [0.05, 0.1) is 16.8 Å². The molecule has 0 radical (unpaired) electrons. The third-order valence-electron chi connectivity index (χ3n) is 7.54. The van der Waals surface area contributed by atoms with Gasteiger partial charge in [-0.1, -0.05) is 17.4 Å². The van der Waals surface area contributed by atoms with Gasteiger partial charge < -0.3 is 15.0 Å². The number of carbonyl (C=O) groups excluding carboxylic acids is 1. The number of alkyl halides is 1. The molecule has 9 heteroatoms. The van der Waals surface area contributed by atoms with Gasteiger partial charge in [-0.05, 0) is 70.0 Å². The smallest absolute Gasteiger partial charge is 0.273 e. The van der Waals surface area contributed by atoms with Gasteiger partial charge in [0.25, 0.3) is 11.1 Å². The summed E-state index contributed by atoms with van der Waals surface area (Å²) in [7, 11) is 1.88. The van der Waals surface area contributed by atoms with Crippen LogP contribution in [0.5, 0.6) is 5.19 Å². The van der Waals surface area contributed by atoms with Crippen LogP contribution in [0.3, 0.4) is 0 Å². The average molecular weight is 514 g/mol. The van der Waals surface area contributed by atoms with Crippen molar-refractivity contribution in [3.63, 3.8) is 0 Å². The molecule has 3 aromatic rings. The first kappa shape index (κ1) is 25.1. The molecule has 1 unspecified atom stereocenters. The van der Waals surface area contributed by atoms with Gasteiger partial charge in [-0.3, -0.25) is 9.48 Å². The lowest BCUT2D eigenvalue weighted by atomic mass is 9.84. The molecule has 1 atom stereocenters. The molecule has 36 heavy (non-hydrogen) atoms. The minimum atomic E-state index is -0.492. The summed E-state index contributed by atoms with van der Waals surface area (Å²) in [5.74, 6) is 0.730. The van der Waals surface area contributed by atoms with Gasteiger partial charge in [0, 0.05) is 49.1 Å². The van der Waals surface area contributed by atoms with E-state index in [9.17, 15) is 9.18 Å². The van der Waals surface area contributed by atoms with Gasteiger partial charge in [0.2, 0.25) is 0 Å². The maximum atomic E-state index is 13.0. The van der Waals surface area contributed by atoms with Crippen LogP contribution in [-0.2, 0) is 19.9 Å². The van der Waals surface area contributed by atoms with E-state index >= 15 is 0 Å². The van der Waals surface area contributed by atoms with E-state index in [4.69, 9.17) is 4.74 Å². The molecule has 1 aliphatic heterocycles. The third kappa shape index (κ3) is 5.89. The van der Waals surface area contributed by atoms with E-state index in [0.717, 1.165) is 80.7 Å². The van der Waals surface area contributed by atoms with Crippen molar-refractivity contribution in [3.8, 4) is 5.19 Å². The van der Waals surface area contributed by atoms with Crippen molar-refractivity contribution in [1.82, 2.24) is 25.0 Å². The molecule has 2 aromatic heterocycles. The van der Waals surface area contributed by atoms with Crippen molar-refractivity contribution in [3.05, 3.63) is 40.5 Å². The zero-order valence-corrected chi connectivity index (χ0v) is 22.0. The molecule has 194 valence electrons. The number of benzene rings is 1. The molecule has 0 spiro atoms. The predicted molar refractivity (Wildman–Crippen MR) is 141 cm³/mol. The second-order valence-electron chi connectivity index (χ2n) is 10.3. The summed E-state index contributed by atoms with van der Waals surface area (Å²) in [4.78, 5) is 21.4. The fraction of sp³-hybridized carbons (Fsp3) is 0.593. The molecule has 1 amide bonds. The maximum absolute atomic E-state index is 13.0. The summed E-state index contributed by atoms with van der Waals surface area (Å²) in [5.41, 5.74) is 2.69. The monoisotopic (exact) mass is 513 g/mol. The summed E-state index contributed by atoms with van der Waals surface area (Å²) in [6, 6.07) is 5.98. The minimum absolute atomic E-state index is 0.00963. The first-order valence-electron chi connectivity index (χ1n) is 13.1. The molecule has 1 N–H and O–H groups in total. The quantitative estimate of drug-likeness (QED) is 0.479. The van der Waals surface area contributed by atoms with E-state index in [1.165, 1.54) is 11.3 Å². The Hall–Kier alpha value is -2.52. The molecule has 3 heterocycles. The van der Waals surface area contributed by atoms with Crippen molar-refractivity contribution < 1.29 is 13.9 Å². The SMILES string of the molecule is CC(CF)Oc1nc2c(s1)CCN(CC[C@H]1CC[C@H](NC(=O)c3cccc4nn(C)cc34)CC1)CC2. The van der Waals surface area contributed by atoms with Crippen LogP contribution in [0.4, 0.5) is 4.39 Å². The maximum Gasteiger partial charge on any atom is 0.273 e. The molecule has 0 saturated heterocycles. The van der Waals surface area contributed by atoms with Crippen LogP contribution in [0.1, 0.15) is 60.0 Å². The number of halogens is 1. The van der Waals surface area contributed by atoms with E-state index in [2.05, 4.69) is 20.3 Å². The van der Waals surface area contributed by atoms with Gasteiger partial charge in [-0.25, -0.2) is 9.37 Å². The number of nitrogens with one attached hydrogen (secondary N) is 1. The summed E-state index contributed by atoms with van der Waals surface area (Å²) < 4.78 is 20.1. The molecule has 0 bridgehead atoms. The fourth-order valence-corrected chi connectivity index (χ4v) is 6.48. The number of ether oxygens (including phenoxy) is 1. The Morgan fingerprint density at radius 3 is 2.86 bits per heavy atom. The highest BCUT2D eigenvalue weighted by Gasteiger charge is 2.25. The molecule has 1 saturated carbocycles. The number of fused-ring (bicyclic) bond motifs is 2. The number of aromatic nitrogens is 3. The van der Waals surface area contributed by atoms with Crippen molar-refractivity contribution in [2.24, 2.45) is 13.0 Å². The van der Waals surface area contributed by atoms with Crippen molar-refractivity contribution in [2.75, 3.05) is 26.3 Å². The van der Waals surface area contributed by atoms with Crippen LogP contribution in [0.2, 0.25) is 0 Å². The average Bonchev–Trinajstić information content (AvgIpc) is 3.40. The Bertz CT molecular complexity index is 1160. The molecule has 1 fully saturated rings. The number of carbonyl (C=O) groups is 1. The number of hydrogen-bond donors (Lipinski definition) is 1. The molecule has 1 aliphatic carbocycles. The van der Waals surface area contributed by atoms with E-state index < -0.39 is 12.8 Å². The Morgan fingerprint density at radius 2 is 2.06 bits per heavy atom. The molecule has 1 aromatic carbocycles. The number of hydrogen-bond acceptors (Lipinski definition) is 6. The third-order valence-corrected chi connectivity index (χ3v) is 8.59. The molecule has 2 aliphatic rings. The van der Waals surface area contributed by atoms with Crippen LogP contribution in [0.15, 0.2) is 24.4 Å². The Morgan fingerprint density at radius 1 is 1.25 bits per heavy atom. The van der Waals surface area contributed by atoms with Crippen molar-refractivity contribution >= 4 is 28.1 Å². The van der Waals surface area contributed by atoms with E-state index in [-0.39, 0.29) is 11.9 Å². The summed E-state index contributed by atoms with van der Waals surface area (Å²) in [6.45, 7) is 4.41. The number of amides is 1. The highest BCUT2D eigenvalue weighted by Crippen LogP contribution is 2.31. The van der Waals surface area contributed by atoms with Crippen LogP contribution in [-0.4, -0.2) is 64.0 Å². The standard InChI is InChI=1S/C27H36FN5O2S/c1-18(16-28)35-27-30-24-11-14-33(15-12-25(24)36-27)13-10-19-6-8-20(9-7-19)29-26(34)21-4-3-5-23-22(21)17-32(2)31-23/h3-5,17-20H,6-16H2,1-2H3,(H,29,34)/t18?,19-,20-. The highest BCUT2D eigenvalue weighted by molar-refractivity contribution is 7.13. The first-order chi connectivity index (χ1) is 17.5. The Labute approximate surface area is 216 Å². The van der Waals surface area contributed by atoms with E-state index in [1.807, 2.05) is 31.4 Å². The lowest BCUT2D eigenvalue weighted by Crippen LogP contribution is -2.38. The normalized spacial score (nSPS) is 21.6. The molecule has 7 nitrogen and oxygen atoms in total. The van der Waals surface area contributed by atoms with E-state index in [1.54, 1.807) is 22.9 Å². The largest absolute Gasteiger partial charge is 0.464 e. The van der Waals surface area contributed by atoms with Gasteiger partial charge in [0.1, 0.15) is 12.8 Å². The van der Waals surface area contributed by atoms with Gasteiger partial charge in [-0.2, -0.15) is 5.10 Å². The number of nitrogens with zero attached hydrogens (tertiary/aromatic N) is 4. The molecular formula is C27H36FN5O2S. The van der Waals surface area contributed by atoms with Crippen LogP contribution < -0.4 is 10.1 Å². The number of rotatable bonds is 8. The second kappa shape index (κ2) is 11.3. The van der Waals surface area contributed by atoms with Crippen molar-refractivity contribution in [1.29, 1.82) is 0 Å². The highest BCUT2D eigenvalue weighted by atomic mass is 32.1. The fourth-order valence-electron chi connectivity index (χ4n) is 5.45. The van der Waals surface area contributed by atoms with Gasteiger partial charge in [-0.15, -0.1) is 0 Å². The minimum Gasteiger partial charge on any atom is -0.464 e. The van der Waals surface area contributed by atoms with Crippen LogP contribution >= 0.6 is 11.3 Å². The zero-order valence-electron chi connectivity index (χ0n) is 21.2. The summed E-state index contributed by atoms with van der Waals surface area (Å²) in [5, 5.41) is 9.21. The lowest BCUT2D eigenvalue weighted by molar-refractivity contribution is 0.0921. The second-order valence-corrected chi connectivity index (χ2v) is 11.3.